The molecule has 1 rings (SSSR count). The maximum Gasteiger partial charge on any atom is 0.303 e. The molecular formula is C23H36O5. The number of aliphatic carboxylic acids is 2. The lowest BCUT2D eigenvalue weighted by Gasteiger charge is -2.30. The third-order valence-electron chi connectivity index (χ3n) is 5.12. The summed E-state index contributed by atoms with van der Waals surface area (Å²) in [6.45, 7) is 12.3. The third-order valence-corrected chi connectivity index (χ3v) is 5.12. The monoisotopic (exact) mass is 392 g/mol. The second-order valence-corrected chi connectivity index (χ2v) is 9.73. The van der Waals surface area contributed by atoms with Crippen molar-refractivity contribution < 1.29 is 24.9 Å². The first-order valence-corrected chi connectivity index (χ1v) is 10.0. The highest BCUT2D eigenvalue weighted by atomic mass is 16.4. The van der Waals surface area contributed by atoms with Crippen LogP contribution < -0.4 is 0 Å². The first-order chi connectivity index (χ1) is 12.7. The molecule has 0 fully saturated rings. The molecular weight excluding hydrogens is 356 g/mol. The van der Waals surface area contributed by atoms with Gasteiger partial charge in [-0.15, -0.1) is 0 Å². The van der Waals surface area contributed by atoms with E-state index < -0.39 is 11.9 Å². The molecule has 1 aromatic carbocycles. The molecule has 1 atom stereocenters. The summed E-state index contributed by atoms with van der Waals surface area (Å²) < 4.78 is 0. The zero-order chi connectivity index (χ0) is 21.7. The number of benzene rings is 1. The molecule has 0 amide bonds. The average molecular weight is 393 g/mol. The lowest BCUT2D eigenvalue weighted by molar-refractivity contribution is -0.138. The predicted molar refractivity (Wildman–Crippen MR) is 111 cm³/mol. The van der Waals surface area contributed by atoms with Gasteiger partial charge in [0.15, 0.2) is 0 Å². The van der Waals surface area contributed by atoms with Gasteiger partial charge in [0.05, 0.1) is 0 Å². The largest absolute Gasteiger partial charge is 0.507 e. The Labute approximate surface area is 168 Å². The number of hydrogen-bond donors (Lipinski definition) is 3. The molecule has 0 saturated carbocycles. The van der Waals surface area contributed by atoms with Gasteiger partial charge in [-0.05, 0) is 52.7 Å². The Hall–Kier alpha value is -2.04. The minimum absolute atomic E-state index is 0.0210. The van der Waals surface area contributed by atoms with Crippen LogP contribution in [-0.4, -0.2) is 27.3 Å². The zero-order valence-corrected chi connectivity index (χ0v) is 18.1. The number of carboxylic acids is 2. The third kappa shape index (κ3) is 7.17. The maximum absolute atomic E-state index is 11.1. The summed E-state index contributed by atoms with van der Waals surface area (Å²) in [4.78, 5) is 21.9. The second-order valence-electron chi connectivity index (χ2n) is 9.73. The Balaban J connectivity index is 3.32. The van der Waals surface area contributed by atoms with E-state index in [9.17, 15) is 14.7 Å². The summed E-state index contributed by atoms with van der Waals surface area (Å²) in [6, 6.07) is 4.02. The number of aromatic hydroxyl groups is 1. The van der Waals surface area contributed by atoms with E-state index in [0.29, 0.717) is 18.6 Å². The fraction of sp³-hybridized carbons (Fsp3) is 0.652. The van der Waals surface area contributed by atoms with E-state index >= 15 is 0 Å². The zero-order valence-electron chi connectivity index (χ0n) is 18.1. The van der Waals surface area contributed by atoms with Crippen molar-refractivity contribution in [2.24, 2.45) is 0 Å². The van der Waals surface area contributed by atoms with Gasteiger partial charge < -0.3 is 15.3 Å². The molecule has 0 saturated heterocycles. The summed E-state index contributed by atoms with van der Waals surface area (Å²) in [7, 11) is 0. The van der Waals surface area contributed by atoms with Gasteiger partial charge in [-0.2, -0.15) is 0 Å². The van der Waals surface area contributed by atoms with E-state index in [1.807, 2.05) is 12.1 Å². The van der Waals surface area contributed by atoms with Gasteiger partial charge in [0, 0.05) is 12.8 Å². The van der Waals surface area contributed by atoms with E-state index in [-0.39, 0.29) is 29.6 Å². The van der Waals surface area contributed by atoms with Crippen LogP contribution in [0.5, 0.6) is 5.75 Å². The highest BCUT2D eigenvalue weighted by Crippen LogP contribution is 2.42. The minimum atomic E-state index is -0.832. The van der Waals surface area contributed by atoms with Crippen molar-refractivity contribution in [1.29, 1.82) is 0 Å². The molecule has 0 radical (unpaired) electrons. The summed E-state index contributed by atoms with van der Waals surface area (Å²) in [5.74, 6) is -1.31. The maximum atomic E-state index is 11.1. The molecule has 0 aromatic heterocycles. The number of phenols is 1. The molecule has 0 aliphatic heterocycles. The lowest BCUT2D eigenvalue weighted by Crippen LogP contribution is -2.18. The number of unbranched alkanes of at least 4 members (excludes halogenated alkanes) is 1. The Morgan fingerprint density at radius 1 is 0.821 bits per heavy atom. The van der Waals surface area contributed by atoms with Crippen LogP contribution in [0.3, 0.4) is 0 Å². The quantitative estimate of drug-likeness (QED) is 0.477. The van der Waals surface area contributed by atoms with Gasteiger partial charge in [-0.25, -0.2) is 0 Å². The summed E-state index contributed by atoms with van der Waals surface area (Å²) in [5, 5.41) is 28.9. The molecule has 0 heterocycles. The molecule has 0 aliphatic rings. The Kier molecular flexibility index (Phi) is 8.09. The van der Waals surface area contributed by atoms with E-state index in [2.05, 4.69) is 41.5 Å². The van der Waals surface area contributed by atoms with Gasteiger partial charge in [0.2, 0.25) is 0 Å². The molecule has 5 heteroatoms. The van der Waals surface area contributed by atoms with E-state index in [4.69, 9.17) is 10.2 Å². The molecule has 1 aromatic rings. The second kappa shape index (κ2) is 9.44. The summed E-state index contributed by atoms with van der Waals surface area (Å²) in [6.07, 6.45) is 2.74. The molecule has 1 unspecified atom stereocenters. The van der Waals surface area contributed by atoms with Gasteiger partial charge in [-0.1, -0.05) is 60.1 Å². The fourth-order valence-electron chi connectivity index (χ4n) is 3.48. The molecule has 28 heavy (non-hydrogen) atoms. The van der Waals surface area contributed by atoms with Crippen LogP contribution in [-0.2, 0) is 20.4 Å². The molecule has 0 aliphatic carbocycles. The standard InChI is InChI=1S/C23H36O5/c1-22(2,3)17-13-16(14-18(21(17)28)23(4,5)6)15(11-12-20(26)27)9-7-8-10-19(24)25/h13-15,28H,7-12H2,1-6H3,(H,24,25)(H,26,27). The van der Waals surface area contributed by atoms with Crippen molar-refractivity contribution in [3.63, 3.8) is 0 Å². The van der Waals surface area contributed by atoms with Gasteiger partial charge in [0.1, 0.15) is 5.75 Å². The van der Waals surface area contributed by atoms with Crippen LogP contribution >= 0.6 is 0 Å². The molecule has 0 bridgehead atoms. The Morgan fingerprint density at radius 2 is 1.29 bits per heavy atom. The van der Waals surface area contributed by atoms with E-state index in [1.54, 1.807) is 0 Å². The normalized spacial score (nSPS) is 13.4. The van der Waals surface area contributed by atoms with Crippen LogP contribution in [0, 0.1) is 0 Å². The Bertz CT molecular complexity index is 657. The van der Waals surface area contributed by atoms with E-state index in [1.165, 1.54) is 0 Å². The van der Waals surface area contributed by atoms with Crippen LogP contribution in [0.2, 0.25) is 0 Å². The smallest absolute Gasteiger partial charge is 0.303 e. The summed E-state index contributed by atoms with van der Waals surface area (Å²) >= 11 is 0. The Morgan fingerprint density at radius 3 is 1.68 bits per heavy atom. The first kappa shape index (κ1) is 24.0. The van der Waals surface area contributed by atoms with Crippen molar-refractivity contribution in [1.82, 2.24) is 0 Å². The number of hydrogen-bond acceptors (Lipinski definition) is 3. The highest BCUT2D eigenvalue weighted by molar-refractivity contribution is 5.67. The number of carboxylic acid groups (broad SMARTS) is 2. The molecule has 0 spiro atoms. The average Bonchev–Trinajstić information content (AvgIpc) is 2.52. The van der Waals surface area contributed by atoms with E-state index in [0.717, 1.165) is 29.5 Å². The minimum Gasteiger partial charge on any atom is -0.507 e. The fourth-order valence-corrected chi connectivity index (χ4v) is 3.48. The number of carbonyl (C=O) groups is 2. The van der Waals surface area contributed by atoms with Crippen molar-refractivity contribution in [3.8, 4) is 5.75 Å². The topological polar surface area (TPSA) is 94.8 Å². The van der Waals surface area contributed by atoms with Crippen molar-refractivity contribution in [2.75, 3.05) is 0 Å². The van der Waals surface area contributed by atoms with Crippen molar-refractivity contribution in [2.45, 2.75) is 96.8 Å². The molecule has 5 nitrogen and oxygen atoms in total. The van der Waals surface area contributed by atoms with Crippen molar-refractivity contribution >= 4 is 11.9 Å². The molecule has 158 valence electrons. The van der Waals surface area contributed by atoms with Crippen LogP contribution in [0.1, 0.15) is 103 Å². The number of phenolic OH excluding ortho intramolecular Hbond substituents is 1. The van der Waals surface area contributed by atoms with Gasteiger partial charge in [0.25, 0.3) is 0 Å². The van der Waals surface area contributed by atoms with Crippen molar-refractivity contribution in [3.05, 3.63) is 28.8 Å². The number of rotatable bonds is 9. The first-order valence-electron chi connectivity index (χ1n) is 10.0. The summed E-state index contributed by atoms with van der Waals surface area (Å²) in [5.41, 5.74) is 2.26. The van der Waals surface area contributed by atoms with Gasteiger partial charge >= 0.3 is 11.9 Å². The lowest BCUT2D eigenvalue weighted by atomic mass is 9.76. The SMILES string of the molecule is CC(C)(C)c1cc(C(CCCCC(=O)O)CCC(=O)O)cc(C(C)(C)C)c1O. The predicted octanol–water partition coefficient (Wildman–Crippen LogP) is 5.58. The van der Waals surface area contributed by atoms with Crippen LogP contribution in [0.4, 0.5) is 0 Å². The van der Waals surface area contributed by atoms with Crippen LogP contribution in [0.15, 0.2) is 12.1 Å². The molecule has 3 N–H and O–H groups in total. The highest BCUT2D eigenvalue weighted by Gasteiger charge is 2.28. The van der Waals surface area contributed by atoms with Gasteiger partial charge in [-0.3, -0.25) is 9.59 Å². The van der Waals surface area contributed by atoms with Crippen LogP contribution in [0.25, 0.3) is 0 Å².